The van der Waals surface area contributed by atoms with Crippen LogP contribution in [-0.4, -0.2) is 15.5 Å². The van der Waals surface area contributed by atoms with Crippen LogP contribution in [-0.2, 0) is 13.2 Å². The molecular formula is C27H23N4O2+. The molecule has 5 aromatic rings. The number of nitrogens with zero attached hydrogens (tertiary/aromatic N) is 2. The first kappa shape index (κ1) is 20.5. The van der Waals surface area contributed by atoms with Gasteiger partial charge >= 0.3 is 0 Å². The zero-order chi connectivity index (χ0) is 22.5. The number of aromatic amines is 1. The second kappa shape index (κ2) is 9.36. The van der Waals surface area contributed by atoms with Crippen LogP contribution in [0.1, 0.15) is 21.5 Å². The Kier molecular flexibility index (Phi) is 5.80. The van der Waals surface area contributed by atoms with Crippen LogP contribution < -0.4 is 15.0 Å². The lowest BCUT2D eigenvalue weighted by Crippen LogP contribution is -2.23. The minimum absolute atomic E-state index is 0.129. The summed E-state index contributed by atoms with van der Waals surface area (Å²) in [6.07, 6.45) is 5.47. The Labute approximate surface area is 191 Å². The number of ether oxygens (including phenoxy) is 1. The van der Waals surface area contributed by atoms with E-state index in [2.05, 4.69) is 15.3 Å². The molecule has 0 aliphatic carbocycles. The van der Waals surface area contributed by atoms with Gasteiger partial charge in [0, 0.05) is 29.4 Å². The van der Waals surface area contributed by atoms with Crippen LogP contribution in [0, 0.1) is 0 Å². The highest BCUT2D eigenvalue weighted by Gasteiger charge is 2.11. The third-order valence-electron chi connectivity index (χ3n) is 5.40. The van der Waals surface area contributed by atoms with E-state index in [0.717, 1.165) is 33.6 Å². The number of hydrogen-bond donors (Lipinski definition) is 1. The lowest BCUT2D eigenvalue weighted by molar-refractivity contribution is -0.378. The van der Waals surface area contributed by atoms with Crippen LogP contribution in [0.25, 0.3) is 16.7 Å². The van der Waals surface area contributed by atoms with Crippen LogP contribution in [0.4, 0.5) is 0 Å². The number of hydrogen-bond acceptors (Lipinski definition) is 3. The molecule has 0 aliphatic rings. The minimum atomic E-state index is -0.129. The smallest absolute Gasteiger partial charge is 0.251 e. The Hall–Kier alpha value is -4.45. The molecule has 1 amide bonds. The van der Waals surface area contributed by atoms with Crippen molar-refractivity contribution in [2.24, 2.45) is 0 Å². The molecule has 162 valence electrons. The Morgan fingerprint density at radius 1 is 0.939 bits per heavy atom. The number of benzene rings is 3. The molecule has 0 fully saturated rings. The predicted molar refractivity (Wildman–Crippen MR) is 126 cm³/mol. The quantitative estimate of drug-likeness (QED) is 0.413. The SMILES string of the molecule is O=C(NCc1ccc[nH+]c1)c1ccc2c(c1)ncn2-c1ccc(OCc2ccccc2)cc1. The second-order valence-electron chi connectivity index (χ2n) is 7.68. The number of aromatic nitrogens is 3. The molecule has 33 heavy (non-hydrogen) atoms. The minimum Gasteiger partial charge on any atom is -0.489 e. The van der Waals surface area contributed by atoms with Crippen molar-refractivity contribution in [3.63, 3.8) is 0 Å². The van der Waals surface area contributed by atoms with Crippen LogP contribution in [0.2, 0.25) is 0 Å². The summed E-state index contributed by atoms with van der Waals surface area (Å²) in [6, 6.07) is 27.4. The molecule has 3 aromatic carbocycles. The van der Waals surface area contributed by atoms with Gasteiger partial charge in [0.2, 0.25) is 0 Å². The van der Waals surface area contributed by atoms with E-state index in [9.17, 15) is 4.79 Å². The van der Waals surface area contributed by atoms with Gasteiger partial charge in [-0.3, -0.25) is 9.36 Å². The molecule has 6 nitrogen and oxygen atoms in total. The Bertz CT molecular complexity index is 1360. The van der Waals surface area contributed by atoms with Crippen molar-refractivity contribution in [1.82, 2.24) is 14.9 Å². The van der Waals surface area contributed by atoms with Crippen LogP contribution in [0.5, 0.6) is 5.75 Å². The summed E-state index contributed by atoms with van der Waals surface area (Å²) in [7, 11) is 0. The molecule has 0 atom stereocenters. The fraction of sp³-hybridized carbons (Fsp3) is 0.0741. The van der Waals surface area contributed by atoms with Gasteiger partial charge in [-0.15, -0.1) is 0 Å². The summed E-state index contributed by atoms with van der Waals surface area (Å²) in [4.78, 5) is 20.1. The normalized spacial score (nSPS) is 10.8. The first-order chi connectivity index (χ1) is 16.3. The molecule has 2 aromatic heterocycles. The van der Waals surface area contributed by atoms with Gasteiger partial charge in [-0.05, 0) is 54.1 Å². The van der Waals surface area contributed by atoms with E-state index in [1.807, 2.05) is 102 Å². The summed E-state index contributed by atoms with van der Waals surface area (Å²) in [5.74, 6) is 0.678. The van der Waals surface area contributed by atoms with Crippen LogP contribution >= 0.6 is 0 Å². The molecule has 0 bridgehead atoms. The molecule has 0 radical (unpaired) electrons. The molecule has 0 saturated carbocycles. The van der Waals surface area contributed by atoms with Gasteiger partial charge < -0.3 is 10.1 Å². The highest BCUT2D eigenvalue weighted by molar-refractivity contribution is 5.97. The number of pyridine rings is 1. The number of amides is 1. The Morgan fingerprint density at radius 2 is 1.76 bits per heavy atom. The average molecular weight is 436 g/mol. The summed E-state index contributed by atoms with van der Waals surface area (Å²) in [5, 5.41) is 2.94. The first-order valence-corrected chi connectivity index (χ1v) is 10.7. The molecule has 5 rings (SSSR count). The first-order valence-electron chi connectivity index (χ1n) is 10.7. The van der Waals surface area contributed by atoms with E-state index >= 15 is 0 Å². The molecule has 2 heterocycles. The Morgan fingerprint density at radius 3 is 2.55 bits per heavy atom. The van der Waals surface area contributed by atoms with Gasteiger partial charge in [-0.1, -0.05) is 30.3 Å². The maximum Gasteiger partial charge on any atom is 0.251 e. The van der Waals surface area contributed by atoms with Crippen molar-refractivity contribution in [3.8, 4) is 11.4 Å². The molecule has 6 heteroatoms. The molecule has 0 aliphatic heterocycles. The molecule has 0 unspecified atom stereocenters. The number of imidazole rings is 1. The zero-order valence-electron chi connectivity index (χ0n) is 17.9. The van der Waals surface area contributed by atoms with E-state index in [-0.39, 0.29) is 5.91 Å². The molecule has 0 saturated heterocycles. The second-order valence-corrected chi connectivity index (χ2v) is 7.68. The monoisotopic (exact) mass is 435 g/mol. The van der Waals surface area contributed by atoms with Gasteiger partial charge in [-0.2, -0.15) is 0 Å². The summed E-state index contributed by atoms with van der Waals surface area (Å²) >= 11 is 0. The van der Waals surface area contributed by atoms with Crippen molar-refractivity contribution in [2.75, 3.05) is 0 Å². The maximum atomic E-state index is 12.6. The number of H-pyrrole nitrogens is 1. The summed E-state index contributed by atoms with van der Waals surface area (Å²) < 4.78 is 7.88. The Balaban J connectivity index is 1.27. The number of fused-ring (bicyclic) bond motifs is 1. The third kappa shape index (κ3) is 4.75. The highest BCUT2D eigenvalue weighted by atomic mass is 16.5. The van der Waals surface area contributed by atoms with Crippen molar-refractivity contribution in [1.29, 1.82) is 0 Å². The van der Waals surface area contributed by atoms with Crippen LogP contribution in [0.15, 0.2) is 104 Å². The fourth-order valence-corrected chi connectivity index (χ4v) is 3.63. The summed E-state index contributed by atoms with van der Waals surface area (Å²) in [6.45, 7) is 0.989. The van der Waals surface area contributed by atoms with Crippen molar-refractivity contribution in [3.05, 3.63) is 120 Å². The molecular weight excluding hydrogens is 412 g/mol. The molecule has 0 spiro atoms. The third-order valence-corrected chi connectivity index (χ3v) is 5.40. The standard InChI is InChI=1S/C27H22N4O2/c32-27(29-17-21-7-4-14-28-16-21)22-8-13-26-25(15-22)30-19-31(26)23-9-11-24(12-10-23)33-18-20-5-2-1-3-6-20/h1-16,19H,17-18H2,(H,29,32)/p+1. The average Bonchev–Trinajstić information content (AvgIpc) is 3.31. The summed E-state index contributed by atoms with van der Waals surface area (Å²) in [5.41, 5.74) is 5.39. The van der Waals surface area contributed by atoms with E-state index in [1.165, 1.54) is 0 Å². The number of carbonyl (C=O) groups excluding carboxylic acids is 1. The van der Waals surface area contributed by atoms with Crippen molar-refractivity contribution < 1.29 is 14.5 Å². The molecule has 2 N–H and O–H groups in total. The lowest BCUT2D eigenvalue weighted by Gasteiger charge is -2.09. The van der Waals surface area contributed by atoms with Crippen LogP contribution in [0.3, 0.4) is 0 Å². The fourth-order valence-electron chi connectivity index (χ4n) is 3.63. The van der Waals surface area contributed by atoms with Gasteiger partial charge in [-0.25, -0.2) is 9.97 Å². The van der Waals surface area contributed by atoms with Gasteiger partial charge in [0.1, 0.15) is 18.7 Å². The highest BCUT2D eigenvalue weighted by Crippen LogP contribution is 2.22. The van der Waals surface area contributed by atoms with Crippen molar-refractivity contribution >= 4 is 16.9 Å². The maximum absolute atomic E-state index is 12.6. The van der Waals surface area contributed by atoms with Crippen molar-refractivity contribution in [2.45, 2.75) is 13.2 Å². The predicted octanol–water partition coefficient (Wildman–Crippen LogP) is 4.35. The van der Waals surface area contributed by atoms with E-state index in [4.69, 9.17) is 4.74 Å². The zero-order valence-corrected chi connectivity index (χ0v) is 17.9. The van der Waals surface area contributed by atoms with E-state index in [0.29, 0.717) is 18.7 Å². The largest absolute Gasteiger partial charge is 0.489 e. The number of nitrogens with one attached hydrogen (secondary N) is 2. The van der Waals surface area contributed by atoms with Gasteiger partial charge in [0.15, 0.2) is 12.4 Å². The van der Waals surface area contributed by atoms with E-state index in [1.54, 1.807) is 6.33 Å². The lowest BCUT2D eigenvalue weighted by atomic mass is 10.1. The van der Waals surface area contributed by atoms with E-state index < -0.39 is 0 Å². The number of rotatable bonds is 7. The number of carbonyl (C=O) groups is 1. The van der Waals surface area contributed by atoms with Gasteiger partial charge in [0.05, 0.1) is 11.0 Å². The topological polar surface area (TPSA) is 70.3 Å². The van der Waals surface area contributed by atoms with Gasteiger partial charge in [0.25, 0.3) is 5.91 Å².